The van der Waals surface area contributed by atoms with Gasteiger partial charge in [-0.25, -0.2) is 13.2 Å². The second-order valence-corrected chi connectivity index (χ2v) is 10.7. The highest BCUT2D eigenvalue weighted by Crippen LogP contribution is 2.39. The van der Waals surface area contributed by atoms with Gasteiger partial charge < -0.3 is 9.47 Å². The number of benzene rings is 3. The Morgan fingerprint density at radius 3 is 1.95 bits per heavy atom. The molecule has 3 aromatic carbocycles. The molecule has 1 aliphatic carbocycles. The molecule has 0 unspecified atom stereocenters. The Morgan fingerprint density at radius 1 is 0.763 bits per heavy atom. The molecular formula is C33H39F3O2. The lowest BCUT2D eigenvalue weighted by atomic mass is 9.77. The topological polar surface area (TPSA) is 18.5 Å². The van der Waals surface area contributed by atoms with E-state index in [0.717, 1.165) is 36.3 Å². The molecule has 0 N–H and O–H groups in total. The molecule has 38 heavy (non-hydrogen) atoms. The molecule has 0 aliphatic heterocycles. The van der Waals surface area contributed by atoms with Crippen molar-refractivity contribution in [3.63, 3.8) is 0 Å². The first kappa shape index (κ1) is 28.4. The minimum absolute atomic E-state index is 0.105. The van der Waals surface area contributed by atoms with E-state index in [9.17, 15) is 0 Å². The number of hydrogen-bond acceptors (Lipinski definition) is 2. The normalized spacial score (nSPS) is 17.8. The van der Waals surface area contributed by atoms with Crippen molar-refractivity contribution in [3.8, 4) is 22.3 Å². The number of halogens is 3. The van der Waals surface area contributed by atoms with Crippen molar-refractivity contribution in [1.29, 1.82) is 0 Å². The molecule has 5 heteroatoms. The molecular weight excluding hydrogens is 485 g/mol. The Hall–Kier alpha value is -2.63. The molecule has 204 valence electrons. The van der Waals surface area contributed by atoms with E-state index in [4.69, 9.17) is 9.47 Å². The van der Waals surface area contributed by atoms with Gasteiger partial charge in [0.25, 0.3) is 0 Å². The van der Waals surface area contributed by atoms with Crippen LogP contribution >= 0.6 is 0 Å². The molecule has 2 nitrogen and oxygen atoms in total. The molecule has 0 spiro atoms. The van der Waals surface area contributed by atoms with Crippen LogP contribution in [0.15, 0.2) is 54.6 Å². The molecule has 1 saturated carbocycles. The van der Waals surface area contributed by atoms with Gasteiger partial charge in [-0.1, -0.05) is 56.2 Å². The van der Waals surface area contributed by atoms with Crippen LogP contribution < -0.4 is 0 Å². The van der Waals surface area contributed by atoms with E-state index in [1.165, 1.54) is 37.8 Å². The van der Waals surface area contributed by atoms with Crippen molar-refractivity contribution >= 4 is 0 Å². The largest absolute Gasteiger partial charge is 0.384 e. The standard InChI is InChI=1S/C33H39F3O2/c1-4-5-22-6-10-25(11-7-22)27-14-15-29(30(34)17-27)28-18-31(35)33(32(36)19-28)26-12-8-23(9-13-26)16-24(20-37-2)21-38-3/h8-9,12-15,17-19,22,24-25H,4-7,10-11,16,20-21H2,1-3H3. The zero-order valence-electron chi connectivity index (χ0n) is 22.7. The highest BCUT2D eigenvalue weighted by molar-refractivity contribution is 5.72. The van der Waals surface area contributed by atoms with Crippen molar-refractivity contribution in [2.75, 3.05) is 27.4 Å². The van der Waals surface area contributed by atoms with E-state index < -0.39 is 17.5 Å². The van der Waals surface area contributed by atoms with Crippen LogP contribution in [0.2, 0.25) is 0 Å². The average Bonchev–Trinajstić information content (AvgIpc) is 2.90. The first-order valence-electron chi connectivity index (χ1n) is 13.8. The highest BCUT2D eigenvalue weighted by atomic mass is 19.1. The van der Waals surface area contributed by atoms with Crippen molar-refractivity contribution in [2.24, 2.45) is 11.8 Å². The van der Waals surface area contributed by atoms with Gasteiger partial charge in [-0.2, -0.15) is 0 Å². The average molecular weight is 525 g/mol. The monoisotopic (exact) mass is 524 g/mol. The van der Waals surface area contributed by atoms with Gasteiger partial charge in [0.05, 0.1) is 18.8 Å². The molecule has 4 rings (SSSR count). The minimum atomic E-state index is -0.706. The predicted molar refractivity (Wildman–Crippen MR) is 148 cm³/mol. The summed E-state index contributed by atoms with van der Waals surface area (Å²) in [5, 5.41) is 0. The van der Waals surface area contributed by atoms with Crippen LogP contribution in [-0.4, -0.2) is 27.4 Å². The Kier molecular flexibility index (Phi) is 10.0. The van der Waals surface area contributed by atoms with Crippen molar-refractivity contribution in [2.45, 2.75) is 57.8 Å². The lowest BCUT2D eigenvalue weighted by molar-refractivity contribution is 0.0848. The fourth-order valence-electron chi connectivity index (χ4n) is 5.99. The van der Waals surface area contributed by atoms with E-state index in [-0.39, 0.29) is 22.6 Å². The number of hydrogen-bond donors (Lipinski definition) is 0. The summed E-state index contributed by atoms with van der Waals surface area (Å²) >= 11 is 0. The van der Waals surface area contributed by atoms with Gasteiger partial charge in [0, 0.05) is 25.7 Å². The third kappa shape index (κ3) is 6.86. The van der Waals surface area contributed by atoms with Gasteiger partial charge in [0.15, 0.2) is 0 Å². The molecule has 1 fully saturated rings. The van der Waals surface area contributed by atoms with E-state index in [1.54, 1.807) is 38.5 Å². The zero-order valence-corrected chi connectivity index (χ0v) is 22.7. The number of ether oxygens (including phenoxy) is 2. The lowest BCUT2D eigenvalue weighted by Crippen LogP contribution is -2.17. The number of methoxy groups -OCH3 is 2. The molecule has 0 atom stereocenters. The molecule has 1 aliphatic rings. The molecule has 0 heterocycles. The Labute approximate surface area is 225 Å². The van der Waals surface area contributed by atoms with Gasteiger partial charge in [0.2, 0.25) is 0 Å². The molecule has 0 radical (unpaired) electrons. The summed E-state index contributed by atoms with van der Waals surface area (Å²) in [5.74, 6) is -0.519. The van der Waals surface area contributed by atoms with E-state index in [0.29, 0.717) is 24.7 Å². The Balaban J connectivity index is 1.50. The summed E-state index contributed by atoms with van der Waals surface area (Å²) in [4.78, 5) is 0. The van der Waals surface area contributed by atoms with Crippen LogP contribution in [0.25, 0.3) is 22.3 Å². The Morgan fingerprint density at radius 2 is 1.39 bits per heavy atom. The maximum Gasteiger partial charge on any atom is 0.134 e. The molecule has 0 saturated heterocycles. The van der Waals surface area contributed by atoms with Crippen LogP contribution in [0.1, 0.15) is 62.5 Å². The van der Waals surface area contributed by atoms with E-state index in [1.807, 2.05) is 18.2 Å². The zero-order chi connectivity index (χ0) is 27.1. The van der Waals surface area contributed by atoms with Gasteiger partial charge in [-0.15, -0.1) is 0 Å². The summed E-state index contributed by atoms with van der Waals surface area (Å²) in [6.45, 7) is 3.36. The maximum atomic E-state index is 15.2. The van der Waals surface area contributed by atoms with Gasteiger partial charge in [0.1, 0.15) is 17.5 Å². The van der Waals surface area contributed by atoms with Crippen LogP contribution in [-0.2, 0) is 15.9 Å². The molecule has 0 amide bonds. The van der Waals surface area contributed by atoms with Crippen molar-refractivity contribution in [3.05, 3.63) is 83.2 Å². The van der Waals surface area contributed by atoms with Gasteiger partial charge >= 0.3 is 0 Å². The fraction of sp³-hybridized carbons (Fsp3) is 0.455. The van der Waals surface area contributed by atoms with E-state index in [2.05, 4.69) is 6.92 Å². The van der Waals surface area contributed by atoms with Crippen LogP contribution in [0.3, 0.4) is 0 Å². The smallest absolute Gasteiger partial charge is 0.134 e. The SMILES string of the molecule is CCCC1CCC(c2ccc(-c3cc(F)c(-c4ccc(CC(COC)COC)cc4)c(F)c3)c(F)c2)CC1. The third-order valence-electron chi connectivity index (χ3n) is 7.93. The second-order valence-electron chi connectivity index (χ2n) is 10.7. The van der Waals surface area contributed by atoms with Gasteiger partial charge in [-0.3, -0.25) is 0 Å². The molecule has 3 aromatic rings. The fourth-order valence-corrected chi connectivity index (χ4v) is 5.99. The summed E-state index contributed by atoms with van der Waals surface area (Å²) in [6, 6.07) is 14.8. The van der Waals surface area contributed by atoms with Crippen molar-refractivity contribution < 1.29 is 22.6 Å². The number of rotatable bonds is 11. The summed E-state index contributed by atoms with van der Waals surface area (Å²) in [6.07, 6.45) is 7.71. The van der Waals surface area contributed by atoms with Crippen LogP contribution in [0.5, 0.6) is 0 Å². The highest BCUT2D eigenvalue weighted by Gasteiger charge is 2.23. The lowest BCUT2D eigenvalue weighted by Gasteiger charge is -2.28. The third-order valence-corrected chi connectivity index (χ3v) is 7.93. The molecule has 0 bridgehead atoms. The van der Waals surface area contributed by atoms with E-state index >= 15 is 13.2 Å². The van der Waals surface area contributed by atoms with Crippen LogP contribution in [0.4, 0.5) is 13.2 Å². The summed E-state index contributed by atoms with van der Waals surface area (Å²) < 4.78 is 56.1. The Bertz CT molecular complexity index is 1150. The van der Waals surface area contributed by atoms with Gasteiger partial charge in [-0.05, 0) is 84.4 Å². The summed E-state index contributed by atoms with van der Waals surface area (Å²) in [7, 11) is 3.31. The first-order valence-corrected chi connectivity index (χ1v) is 13.8. The quantitative estimate of drug-likeness (QED) is 0.249. The second kappa shape index (κ2) is 13.4. The summed E-state index contributed by atoms with van der Waals surface area (Å²) in [5.41, 5.74) is 2.78. The predicted octanol–water partition coefficient (Wildman–Crippen LogP) is 8.96. The van der Waals surface area contributed by atoms with Crippen LogP contribution in [0, 0.1) is 29.3 Å². The minimum Gasteiger partial charge on any atom is -0.384 e. The first-order chi connectivity index (χ1) is 18.4. The molecule has 0 aromatic heterocycles. The van der Waals surface area contributed by atoms with Crippen molar-refractivity contribution in [1.82, 2.24) is 0 Å². The maximum absolute atomic E-state index is 15.2.